The Morgan fingerprint density at radius 3 is 1.87 bits per heavy atom. The smallest absolute Gasteiger partial charge is 0.306 e. The monoisotopic (exact) mass is 744 g/mol. The highest BCUT2D eigenvalue weighted by atomic mass is 16.5. The van der Waals surface area contributed by atoms with Gasteiger partial charge in [0.15, 0.2) is 0 Å². The molecule has 3 aromatic carbocycles. The van der Waals surface area contributed by atoms with Crippen LogP contribution in [0.25, 0.3) is 0 Å². The summed E-state index contributed by atoms with van der Waals surface area (Å²) in [5.74, 6) is 2.69. The van der Waals surface area contributed by atoms with Crippen molar-refractivity contribution in [3.63, 3.8) is 0 Å². The van der Waals surface area contributed by atoms with Gasteiger partial charge < -0.3 is 18.9 Å². The van der Waals surface area contributed by atoms with Crippen molar-refractivity contribution in [2.75, 3.05) is 0 Å². The second kappa shape index (κ2) is 16.3. The maximum absolute atomic E-state index is 12.9. The average molecular weight is 745 g/mol. The molecular formula is C50H64O5. The van der Waals surface area contributed by atoms with Crippen LogP contribution in [0.2, 0.25) is 0 Å². The number of rotatable bonds is 12. The summed E-state index contributed by atoms with van der Waals surface area (Å²) in [6.07, 6.45) is 10.7. The van der Waals surface area contributed by atoms with Gasteiger partial charge in [0, 0.05) is 12.3 Å². The highest BCUT2D eigenvalue weighted by molar-refractivity contribution is 5.70. The summed E-state index contributed by atoms with van der Waals surface area (Å²) in [4.78, 5) is 12.9. The van der Waals surface area contributed by atoms with Crippen LogP contribution in [0.4, 0.5) is 0 Å². The third-order valence-electron chi connectivity index (χ3n) is 15.4. The van der Waals surface area contributed by atoms with E-state index < -0.39 is 0 Å². The Balaban J connectivity index is 1.12. The van der Waals surface area contributed by atoms with Crippen molar-refractivity contribution in [2.24, 2.45) is 52.3 Å². The SMILES string of the molecule is CC(C)C1CC(=O)OC(C(C)C2=CCC3C4C(OCc5ccccc5)C(OCc5ccccc5)C5CC(OCc6ccccc6)CC[C@]5(C)C4CC[C@]23C)C1. The van der Waals surface area contributed by atoms with Gasteiger partial charge in [-0.05, 0) is 108 Å². The lowest BCUT2D eigenvalue weighted by Crippen LogP contribution is -2.65. The van der Waals surface area contributed by atoms with Crippen molar-refractivity contribution in [1.82, 2.24) is 0 Å². The lowest BCUT2D eigenvalue weighted by atomic mass is 9.43. The van der Waals surface area contributed by atoms with E-state index in [4.69, 9.17) is 18.9 Å². The number of hydrogen-bond acceptors (Lipinski definition) is 5. The highest BCUT2D eigenvalue weighted by Gasteiger charge is 2.65. The van der Waals surface area contributed by atoms with E-state index in [1.165, 1.54) is 35.1 Å². The minimum Gasteiger partial charge on any atom is -0.462 e. The highest BCUT2D eigenvalue weighted by Crippen LogP contribution is 2.68. The predicted octanol–water partition coefficient (Wildman–Crippen LogP) is 11.2. The predicted molar refractivity (Wildman–Crippen MR) is 218 cm³/mol. The molecule has 5 nitrogen and oxygen atoms in total. The fraction of sp³-hybridized carbons (Fsp3) is 0.580. The number of cyclic esters (lactones) is 1. The van der Waals surface area contributed by atoms with Crippen molar-refractivity contribution >= 4 is 5.97 Å². The number of ether oxygens (including phenoxy) is 4. The molecule has 5 aliphatic rings. The Bertz CT molecular complexity index is 1760. The third kappa shape index (κ3) is 7.75. The third-order valence-corrected chi connectivity index (χ3v) is 15.4. The zero-order valence-corrected chi connectivity index (χ0v) is 33.9. The van der Waals surface area contributed by atoms with Gasteiger partial charge in [0.05, 0.1) is 38.1 Å². The zero-order chi connectivity index (χ0) is 38.2. The molecule has 1 heterocycles. The van der Waals surface area contributed by atoms with Gasteiger partial charge in [-0.2, -0.15) is 0 Å². The van der Waals surface area contributed by atoms with E-state index in [0.717, 1.165) is 32.1 Å². The first kappa shape index (κ1) is 38.6. The molecule has 294 valence electrons. The van der Waals surface area contributed by atoms with E-state index in [1.54, 1.807) is 0 Å². The van der Waals surface area contributed by atoms with E-state index in [1.807, 2.05) is 0 Å². The molecule has 1 saturated heterocycles. The molecule has 55 heavy (non-hydrogen) atoms. The minimum absolute atomic E-state index is 0.0202. The summed E-state index contributed by atoms with van der Waals surface area (Å²) in [6.45, 7) is 13.8. The van der Waals surface area contributed by atoms with Gasteiger partial charge in [-0.15, -0.1) is 0 Å². The van der Waals surface area contributed by atoms with Crippen LogP contribution < -0.4 is 0 Å². The number of hydrogen-bond donors (Lipinski definition) is 0. The summed E-state index contributed by atoms with van der Waals surface area (Å²) >= 11 is 0. The molecular weight excluding hydrogens is 681 g/mol. The van der Waals surface area contributed by atoms with Gasteiger partial charge in [-0.3, -0.25) is 4.79 Å². The van der Waals surface area contributed by atoms with E-state index in [9.17, 15) is 4.79 Å². The largest absolute Gasteiger partial charge is 0.462 e. The molecule has 5 heteroatoms. The van der Waals surface area contributed by atoms with Crippen LogP contribution in [-0.2, 0) is 43.6 Å². The molecule has 3 saturated carbocycles. The Kier molecular flexibility index (Phi) is 11.5. The molecule has 0 amide bonds. The summed E-state index contributed by atoms with van der Waals surface area (Å²) in [6, 6.07) is 32.0. The number of fused-ring (bicyclic) bond motifs is 5. The van der Waals surface area contributed by atoms with Gasteiger partial charge in [0.2, 0.25) is 0 Å². The van der Waals surface area contributed by atoms with Gasteiger partial charge >= 0.3 is 5.97 Å². The summed E-state index contributed by atoms with van der Waals surface area (Å²) in [5.41, 5.74) is 5.30. The average Bonchev–Trinajstić information content (AvgIpc) is 3.56. The minimum atomic E-state index is -0.0618. The number of allylic oxidation sites excluding steroid dienone is 1. The van der Waals surface area contributed by atoms with E-state index in [-0.39, 0.29) is 47.1 Å². The Hall–Kier alpha value is -3.25. The van der Waals surface area contributed by atoms with Crippen LogP contribution in [0.1, 0.15) is 103 Å². The second-order valence-electron chi connectivity index (χ2n) is 18.7. The van der Waals surface area contributed by atoms with Gasteiger partial charge in [0.1, 0.15) is 6.10 Å². The van der Waals surface area contributed by atoms with Gasteiger partial charge in [-0.25, -0.2) is 0 Å². The molecule has 0 spiro atoms. The van der Waals surface area contributed by atoms with Crippen LogP contribution in [0, 0.1) is 52.3 Å². The topological polar surface area (TPSA) is 54.0 Å². The van der Waals surface area contributed by atoms with E-state index in [0.29, 0.717) is 61.7 Å². The van der Waals surface area contributed by atoms with Crippen molar-refractivity contribution in [2.45, 2.75) is 130 Å². The first-order valence-electron chi connectivity index (χ1n) is 21.5. The maximum Gasteiger partial charge on any atom is 0.306 e. The summed E-state index contributed by atoms with van der Waals surface area (Å²) in [7, 11) is 0. The fourth-order valence-electron chi connectivity index (χ4n) is 12.2. The molecule has 0 radical (unpaired) electrons. The molecule has 0 aromatic heterocycles. The molecule has 12 atom stereocenters. The number of carbonyl (C=O) groups is 1. The lowest BCUT2D eigenvalue weighted by Gasteiger charge is -2.65. The molecule has 3 aromatic rings. The Morgan fingerprint density at radius 2 is 1.27 bits per heavy atom. The molecule has 4 aliphatic carbocycles. The van der Waals surface area contributed by atoms with Crippen molar-refractivity contribution in [1.29, 1.82) is 0 Å². The van der Waals surface area contributed by atoms with Crippen molar-refractivity contribution < 1.29 is 23.7 Å². The Morgan fingerprint density at radius 1 is 0.691 bits per heavy atom. The number of carbonyl (C=O) groups excluding carboxylic acids is 1. The number of esters is 1. The van der Waals surface area contributed by atoms with Crippen LogP contribution in [0.15, 0.2) is 103 Å². The van der Waals surface area contributed by atoms with E-state index in [2.05, 4.69) is 132 Å². The first-order valence-corrected chi connectivity index (χ1v) is 21.5. The molecule has 4 fully saturated rings. The standard InChI is InChI=1S/C50H64O5/c1-33(2)38-27-44(55-45(51)28-38)34(3)40-21-22-41-46-42(24-26-49(40,41)4)50(5)25-23-39(52-30-35-15-9-6-10-16-35)29-43(50)47(53-31-36-17-11-7-12-18-36)48(46)54-32-37-19-13-8-14-20-37/h6-21,33-34,38-39,41-44,46-48H,22-32H2,1-5H3/t34?,38?,39?,41?,42?,43?,44?,46?,47?,48?,49-,50-/m1/s1. The second-order valence-corrected chi connectivity index (χ2v) is 18.7. The maximum atomic E-state index is 12.9. The molecule has 0 bridgehead atoms. The van der Waals surface area contributed by atoms with E-state index >= 15 is 0 Å². The number of benzene rings is 3. The van der Waals surface area contributed by atoms with Gasteiger partial charge in [0.25, 0.3) is 0 Å². The molecule has 1 aliphatic heterocycles. The summed E-state index contributed by atoms with van der Waals surface area (Å²) in [5, 5.41) is 0. The Labute approximate surface area is 330 Å². The first-order chi connectivity index (χ1) is 26.6. The fourth-order valence-corrected chi connectivity index (χ4v) is 12.2. The van der Waals surface area contributed by atoms with Crippen molar-refractivity contribution in [3.8, 4) is 0 Å². The lowest BCUT2D eigenvalue weighted by molar-refractivity contribution is -0.252. The van der Waals surface area contributed by atoms with Crippen LogP contribution in [-0.4, -0.2) is 30.4 Å². The molecule has 8 rings (SSSR count). The van der Waals surface area contributed by atoms with Crippen LogP contribution in [0.3, 0.4) is 0 Å². The molecule has 0 N–H and O–H groups in total. The van der Waals surface area contributed by atoms with Crippen LogP contribution >= 0.6 is 0 Å². The van der Waals surface area contributed by atoms with Crippen molar-refractivity contribution in [3.05, 3.63) is 119 Å². The zero-order valence-electron chi connectivity index (χ0n) is 33.9. The van der Waals surface area contributed by atoms with Gasteiger partial charge in [-0.1, -0.05) is 137 Å². The molecule has 10 unspecified atom stereocenters. The summed E-state index contributed by atoms with van der Waals surface area (Å²) < 4.78 is 27.6. The normalized spacial score (nSPS) is 36.3. The quantitative estimate of drug-likeness (QED) is 0.137. The van der Waals surface area contributed by atoms with Crippen LogP contribution in [0.5, 0.6) is 0 Å².